The number of nitrogens with zero attached hydrogens (tertiary/aromatic N) is 2. The van der Waals surface area contributed by atoms with Crippen LogP contribution in [0.15, 0.2) is 58.6 Å². The molecule has 0 aromatic heterocycles. The monoisotopic (exact) mass is 301 g/mol. The Balaban J connectivity index is 2.38. The van der Waals surface area contributed by atoms with Crippen molar-refractivity contribution in [2.24, 2.45) is 10.9 Å². The van der Waals surface area contributed by atoms with Crippen LogP contribution in [-0.4, -0.2) is 24.3 Å². The number of hydrogen-bond donors (Lipinski definition) is 2. The maximum atomic E-state index is 9.04. The van der Waals surface area contributed by atoms with Crippen LogP contribution in [0.1, 0.15) is 11.1 Å². The van der Waals surface area contributed by atoms with Crippen LogP contribution in [0.5, 0.6) is 0 Å². The molecule has 110 valence electrons. The molecule has 21 heavy (non-hydrogen) atoms. The fourth-order valence-corrected chi connectivity index (χ4v) is 2.89. The number of hydrogen-bond acceptors (Lipinski definition) is 4. The fraction of sp³-hybridized carbons (Fsp3) is 0.188. The first-order valence-electron chi connectivity index (χ1n) is 6.57. The number of nitrogens with two attached hydrogens (primary N) is 1. The summed E-state index contributed by atoms with van der Waals surface area (Å²) in [6.07, 6.45) is 1.98. The fourth-order valence-electron chi connectivity index (χ4n) is 2.26. The molecule has 0 unspecified atom stereocenters. The summed E-state index contributed by atoms with van der Waals surface area (Å²) in [6.45, 7) is 0.754. The Morgan fingerprint density at radius 2 is 1.90 bits per heavy atom. The molecular formula is C16H19N3OS. The molecule has 0 saturated heterocycles. The summed E-state index contributed by atoms with van der Waals surface area (Å²) >= 11 is 1.58. The molecule has 2 aromatic rings. The maximum absolute atomic E-state index is 9.04. The van der Waals surface area contributed by atoms with E-state index in [0.717, 1.165) is 22.7 Å². The van der Waals surface area contributed by atoms with E-state index >= 15 is 0 Å². The summed E-state index contributed by atoms with van der Waals surface area (Å²) in [5.74, 6) is 0.134. The second-order valence-corrected chi connectivity index (χ2v) is 5.53. The SMILES string of the molecule is CSc1cccc(N(C)Cc2ccccc2)c1/C(N)=N/O. The molecule has 5 heteroatoms. The Labute approximate surface area is 129 Å². The van der Waals surface area contributed by atoms with E-state index in [2.05, 4.69) is 22.2 Å². The molecular weight excluding hydrogens is 282 g/mol. The molecule has 3 N–H and O–H groups in total. The lowest BCUT2D eigenvalue weighted by atomic mass is 10.1. The Bertz CT molecular complexity index is 629. The predicted molar refractivity (Wildman–Crippen MR) is 89.3 cm³/mol. The standard InChI is InChI=1S/C16H19N3OS/c1-19(11-12-7-4-3-5-8-12)13-9-6-10-14(21-2)15(13)16(17)18-20/h3-10,20H,11H2,1-2H3,(H2,17,18). The summed E-state index contributed by atoms with van der Waals surface area (Å²) in [5.41, 5.74) is 8.79. The highest BCUT2D eigenvalue weighted by atomic mass is 32.2. The molecule has 0 aliphatic carbocycles. The first-order valence-corrected chi connectivity index (χ1v) is 7.79. The summed E-state index contributed by atoms with van der Waals surface area (Å²) in [4.78, 5) is 3.09. The Morgan fingerprint density at radius 1 is 1.19 bits per heavy atom. The molecule has 2 rings (SSSR count). The second-order valence-electron chi connectivity index (χ2n) is 4.68. The van der Waals surface area contributed by atoms with Crippen molar-refractivity contribution in [3.8, 4) is 0 Å². The summed E-state index contributed by atoms with van der Waals surface area (Å²) in [6, 6.07) is 16.1. The van der Waals surface area contributed by atoms with Crippen molar-refractivity contribution in [3.05, 3.63) is 59.7 Å². The number of amidine groups is 1. The first kappa shape index (κ1) is 15.3. The molecule has 0 atom stereocenters. The van der Waals surface area contributed by atoms with Gasteiger partial charge in [0.1, 0.15) is 0 Å². The first-order chi connectivity index (χ1) is 10.2. The molecule has 0 aliphatic heterocycles. The minimum Gasteiger partial charge on any atom is -0.409 e. The average Bonchev–Trinajstić information content (AvgIpc) is 2.54. The van der Waals surface area contributed by atoms with Gasteiger partial charge in [0.05, 0.1) is 5.56 Å². The normalized spacial score (nSPS) is 11.4. The molecule has 0 fully saturated rings. The van der Waals surface area contributed by atoms with E-state index in [1.807, 2.05) is 49.7 Å². The van der Waals surface area contributed by atoms with Gasteiger partial charge < -0.3 is 15.8 Å². The third-order valence-corrected chi connectivity index (χ3v) is 4.04. The number of thioether (sulfide) groups is 1. The quantitative estimate of drug-likeness (QED) is 0.293. The van der Waals surface area contributed by atoms with Crippen molar-refractivity contribution >= 4 is 23.3 Å². The van der Waals surface area contributed by atoms with Crippen molar-refractivity contribution in [2.75, 3.05) is 18.2 Å². The summed E-state index contributed by atoms with van der Waals surface area (Å²) < 4.78 is 0. The number of benzene rings is 2. The average molecular weight is 301 g/mol. The molecule has 0 radical (unpaired) electrons. The molecule has 0 saturated carbocycles. The van der Waals surface area contributed by atoms with Crippen LogP contribution in [0, 0.1) is 0 Å². The van der Waals surface area contributed by atoms with Crippen LogP contribution >= 0.6 is 11.8 Å². The van der Waals surface area contributed by atoms with Gasteiger partial charge in [-0.25, -0.2) is 0 Å². The lowest BCUT2D eigenvalue weighted by Gasteiger charge is -2.23. The maximum Gasteiger partial charge on any atom is 0.173 e. The van der Waals surface area contributed by atoms with Crippen molar-refractivity contribution in [1.82, 2.24) is 0 Å². The number of oxime groups is 1. The van der Waals surface area contributed by atoms with Gasteiger partial charge in [0.15, 0.2) is 5.84 Å². The third-order valence-electron chi connectivity index (χ3n) is 3.26. The predicted octanol–water partition coefficient (Wildman–Crippen LogP) is 3.14. The van der Waals surface area contributed by atoms with Gasteiger partial charge in [-0.3, -0.25) is 0 Å². The summed E-state index contributed by atoms with van der Waals surface area (Å²) in [7, 11) is 2.00. The van der Waals surface area contributed by atoms with Crippen LogP contribution in [-0.2, 0) is 6.54 Å². The van der Waals surface area contributed by atoms with Crippen molar-refractivity contribution in [3.63, 3.8) is 0 Å². The molecule has 0 spiro atoms. The van der Waals surface area contributed by atoms with Gasteiger partial charge in [0.2, 0.25) is 0 Å². The van der Waals surface area contributed by atoms with E-state index in [1.165, 1.54) is 5.56 Å². The van der Waals surface area contributed by atoms with Crippen molar-refractivity contribution in [2.45, 2.75) is 11.4 Å². The van der Waals surface area contributed by atoms with Crippen LogP contribution in [0.2, 0.25) is 0 Å². The molecule has 0 aliphatic rings. The smallest absolute Gasteiger partial charge is 0.173 e. The molecule has 0 heterocycles. The van der Waals surface area contributed by atoms with Crippen LogP contribution < -0.4 is 10.6 Å². The van der Waals surface area contributed by atoms with Crippen molar-refractivity contribution in [1.29, 1.82) is 0 Å². The number of rotatable bonds is 5. The Morgan fingerprint density at radius 3 is 2.52 bits per heavy atom. The van der Waals surface area contributed by atoms with Gasteiger partial charge in [-0.2, -0.15) is 0 Å². The van der Waals surface area contributed by atoms with E-state index in [4.69, 9.17) is 10.9 Å². The zero-order chi connectivity index (χ0) is 15.2. The van der Waals surface area contributed by atoms with E-state index < -0.39 is 0 Å². The Kier molecular flexibility index (Phi) is 5.11. The van der Waals surface area contributed by atoms with E-state index in [-0.39, 0.29) is 5.84 Å². The van der Waals surface area contributed by atoms with Gasteiger partial charge in [-0.15, -0.1) is 11.8 Å². The molecule has 2 aromatic carbocycles. The van der Waals surface area contributed by atoms with Gasteiger partial charge in [0.25, 0.3) is 0 Å². The van der Waals surface area contributed by atoms with Crippen molar-refractivity contribution < 1.29 is 5.21 Å². The zero-order valence-corrected chi connectivity index (χ0v) is 13.0. The minimum absolute atomic E-state index is 0.134. The van der Waals surface area contributed by atoms with Gasteiger partial charge >= 0.3 is 0 Å². The lowest BCUT2D eigenvalue weighted by Crippen LogP contribution is -2.23. The molecule has 0 amide bonds. The zero-order valence-electron chi connectivity index (χ0n) is 12.2. The molecule has 4 nitrogen and oxygen atoms in total. The van der Waals surface area contributed by atoms with E-state index in [9.17, 15) is 0 Å². The highest BCUT2D eigenvalue weighted by molar-refractivity contribution is 7.98. The molecule has 0 bridgehead atoms. The lowest BCUT2D eigenvalue weighted by molar-refractivity contribution is 0.318. The van der Waals surface area contributed by atoms with Crippen LogP contribution in [0.25, 0.3) is 0 Å². The highest BCUT2D eigenvalue weighted by Gasteiger charge is 2.15. The van der Waals surface area contributed by atoms with Gasteiger partial charge in [-0.1, -0.05) is 41.6 Å². The topological polar surface area (TPSA) is 61.8 Å². The summed E-state index contributed by atoms with van der Waals surface area (Å²) in [5, 5.41) is 12.2. The van der Waals surface area contributed by atoms with E-state index in [0.29, 0.717) is 0 Å². The van der Waals surface area contributed by atoms with Gasteiger partial charge in [-0.05, 0) is 24.0 Å². The van der Waals surface area contributed by atoms with Gasteiger partial charge in [0, 0.05) is 24.2 Å². The Hall–Kier alpha value is -2.14. The minimum atomic E-state index is 0.134. The second kappa shape index (κ2) is 7.04. The third kappa shape index (κ3) is 3.49. The highest BCUT2D eigenvalue weighted by Crippen LogP contribution is 2.29. The largest absolute Gasteiger partial charge is 0.409 e. The van der Waals surface area contributed by atoms with E-state index in [1.54, 1.807) is 11.8 Å². The van der Waals surface area contributed by atoms with Crippen LogP contribution in [0.3, 0.4) is 0 Å². The van der Waals surface area contributed by atoms with Crippen LogP contribution in [0.4, 0.5) is 5.69 Å². The number of anilines is 1.